The first kappa shape index (κ1) is 8.78. The van der Waals surface area contributed by atoms with E-state index in [1.54, 1.807) is 12.2 Å². The zero-order valence-corrected chi connectivity index (χ0v) is 6.95. The molecule has 0 aromatic carbocycles. The zero-order valence-electron chi connectivity index (χ0n) is 6.95. The molecule has 1 aliphatic heterocycles. The van der Waals surface area contributed by atoms with Gasteiger partial charge in [0.05, 0.1) is 0 Å². The topological polar surface area (TPSA) is 26.3 Å². The van der Waals surface area contributed by atoms with Crippen LogP contribution in [0.1, 0.15) is 12.8 Å². The lowest BCUT2D eigenvalue weighted by Crippen LogP contribution is -2.14. The molecule has 0 aromatic heterocycles. The summed E-state index contributed by atoms with van der Waals surface area (Å²) < 4.78 is 5.32. The second kappa shape index (κ2) is 3.90. The van der Waals surface area contributed by atoms with Crippen LogP contribution in [0.25, 0.3) is 0 Å². The lowest BCUT2D eigenvalue weighted by atomic mass is 10.2. The Morgan fingerprint density at radius 2 is 2.25 bits per heavy atom. The van der Waals surface area contributed by atoms with E-state index in [0.29, 0.717) is 18.6 Å². The van der Waals surface area contributed by atoms with Crippen LogP contribution < -0.4 is 0 Å². The summed E-state index contributed by atoms with van der Waals surface area (Å²) >= 11 is 0. The minimum absolute atomic E-state index is 0.0340. The van der Waals surface area contributed by atoms with Crippen molar-refractivity contribution in [3.8, 4) is 0 Å². The zero-order chi connectivity index (χ0) is 8.97. The highest BCUT2D eigenvalue weighted by molar-refractivity contribution is 5.96. The van der Waals surface area contributed by atoms with Crippen LogP contribution in [-0.4, -0.2) is 11.9 Å². The van der Waals surface area contributed by atoms with Crippen LogP contribution in [0.5, 0.6) is 0 Å². The molecule has 0 aliphatic carbocycles. The summed E-state index contributed by atoms with van der Waals surface area (Å²) in [5.41, 5.74) is 0. The van der Waals surface area contributed by atoms with Crippen LogP contribution in [0.15, 0.2) is 37.1 Å². The van der Waals surface area contributed by atoms with Crippen molar-refractivity contribution in [2.24, 2.45) is 0 Å². The van der Waals surface area contributed by atoms with Crippen molar-refractivity contribution >= 4 is 5.78 Å². The molecule has 1 unspecified atom stereocenters. The van der Waals surface area contributed by atoms with Crippen LogP contribution in [-0.2, 0) is 9.53 Å². The van der Waals surface area contributed by atoms with Crippen LogP contribution >= 0.6 is 0 Å². The summed E-state index contributed by atoms with van der Waals surface area (Å²) in [6, 6.07) is 0. The Morgan fingerprint density at radius 1 is 1.50 bits per heavy atom. The average Bonchev–Trinajstić information content (AvgIpc) is 2.34. The molecule has 1 heterocycles. The van der Waals surface area contributed by atoms with Gasteiger partial charge in [0, 0.05) is 18.9 Å². The fourth-order valence-electron chi connectivity index (χ4n) is 1.09. The molecule has 2 heteroatoms. The number of carbonyl (C=O) groups is 1. The van der Waals surface area contributed by atoms with Crippen LogP contribution in [0.3, 0.4) is 0 Å². The van der Waals surface area contributed by atoms with Gasteiger partial charge in [0.25, 0.3) is 0 Å². The van der Waals surface area contributed by atoms with Gasteiger partial charge in [0.1, 0.15) is 5.76 Å². The van der Waals surface area contributed by atoms with Gasteiger partial charge in [-0.05, 0) is 0 Å². The molecule has 0 N–H and O–H groups in total. The highest BCUT2D eigenvalue weighted by Crippen LogP contribution is 2.19. The highest BCUT2D eigenvalue weighted by Gasteiger charge is 2.24. The van der Waals surface area contributed by atoms with E-state index in [1.807, 2.05) is 0 Å². The monoisotopic (exact) mass is 164 g/mol. The first-order chi connectivity index (χ1) is 5.77. The lowest BCUT2D eigenvalue weighted by molar-refractivity contribution is -0.120. The maximum atomic E-state index is 11.2. The standard InChI is InChI=1S/C10H12O2/c1-3-5-8-7-9(11)10(12-8)6-4-2/h3-4,7,10H,1-2,5-6H2. The quantitative estimate of drug-likeness (QED) is 0.594. The summed E-state index contributed by atoms with van der Waals surface area (Å²) in [5, 5.41) is 0. The Labute approximate surface area is 72.2 Å². The summed E-state index contributed by atoms with van der Waals surface area (Å²) in [4.78, 5) is 11.2. The molecule has 0 fully saturated rings. The fraction of sp³-hybridized carbons (Fsp3) is 0.300. The number of rotatable bonds is 4. The normalized spacial score (nSPS) is 21.5. The van der Waals surface area contributed by atoms with Gasteiger partial charge < -0.3 is 4.74 Å². The van der Waals surface area contributed by atoms with Crippen molar-refractivity contribution in [3.63, 3.8) is 0 Å². The SMILES string of the molecule is C=CCC1=CC(=O)C(CC=C)O1. The lowest BCUT2D eigenvalue weighted by Gasteiger charge is -2.07. The molecular weight excluding hydrogens is 152 g/mol. The largest absolute Gasteiger partial charge is 0.486 e. The number of hydrogen-bond acceptors (Lipinski definition) is 2. The third-order valence-corrected chi connectivity index (χ3v) is 1.64. The first-order valence-corrected chi connectivity index (χ1v) is 3.90. The van der Waals surface area contributed by atoms with Gasteiger partial charge in [-0.3, -0.25) is 4.79 Å². The Kier molecular flexibility index (Phi) is 2.86. The molecule has 2 nitrogen and oxygen atoms in total. The van der Waals surface area contributed by atoms with Crippen LogP contribution in [0.2, 0.25) is 0 Å². The molecule has 0 amide bonds. The molecular formula is C10H12O2. The van der Waals surface area contributed by atoms with Gasteiger partial charge in [-0.2, -0.15) is 0 Å². The minimum atomic E-state index is -0.336. The number of carbonyl (C=O) groups excluding carboxylic acids is 1. The van der Waals surface area contributed by atoms with Gasteiger partial charge >= 0.3 is 0 Å². The number of ether oxygens (including phenoxy) is 1. The van der Waals surface area contributed by atoms with Crippen molar-refractivity contribution in [2.45, 2.75) is 18.9 Å². The van der Waals surface area contributed by atoms with E-state index in [0.717, 1.165) is 0 Å². The number of ketones is 1. The second-order valence-electron chi connectivity index (χ2n) is 2.64. The maximum absolute atomic E-state index is 11.2. The predicted molar refractivity (Wildman–Crippen MR) is 47.6 cm³/mol. The summed E-state index contributed by atoms with van der Waals surface area (Å²) in [6.45, 7) is 7.12. The van der Waals surface area contributed by atoms with E-state index in [1.165, 1.54) is 6.08 Å². The molecule has 0 spiro atoms. The second-order valence-corrected chi connectivity index (χ2v) is 2.64. The van der Waals surface area contributed by atoms with E-state index in [4.69, 9.17) is 4.74 Å². The average molecular weight is 164 g/mol. The van der Waals surface area contributed by atoms with Crippen molar-refractivity contribution in [2.75, 3.05) is 0 Å². The molecule has 0 bridgehead atoms. The summed E-state index contributed by atoms with van der Waals surface area (Å²) in [7, 11) is 0. The summed E-state index contributed by atoms with van der Waals surface area (Å²) in [6.07, 6.45) is 5.81. The van der Waals surface area contributed by atoms with Gasteiger partial charge in [0.15, 0.2) is 11.9 Å². The Morgan fingerprint density at radius 3 is 2.83 bits per heavy atom. The van der Waals surface area contributed by atoms with Crippen molar-refractivity contribution < 1.29 is 9.53 Å². The molecule has 0 saturated heterocycles. The van der Waals surface area contributed by atoms with E-state index < -0.39 is 0 Å². The van der Waals surface area contributed by atoms with Gasteiger partial charge in [-0.25, -0.2) is 0 Å². The van der Waals surface area contributed by atoms with E-state index in [9.17, 15) is 4.79 Å². The molecule has 0 saturated carbocycles. The van der Waals surface area contributed by atoms with Crippen molar-refractivity contribution in [1.82, 2.24) is 0 Å². The fourth-order valence-corrected chi connectivity index (χ4v) is 1.09. The van der Waals surface area contributed by atoms with E-state index >= 15 is 0 Å². The van der Waals surface area contributed by atoms with Crippen LogP contribution in [0.4, 0.5) is 0 Å². The molecule has 0 radical (unpaired) electrons. The molecule has 1 aliphatic rings. The van der Waals surface area contributed by atoms with Crippen molar-refractivity contribution in [1.29, 1.82) is 0 Å². The van der Waals surface area contributed by atoms with Crippen molar-refractivity contribution in [3.05, 3.63) is 37.1 Å². The Hall–Kier alpha value is -1.31. The summed E-state index contributed by atoms with van der Waals surface area (Å²) in [5.74, 6) is 0.744. The Bertz CT molecular complexity index is 238. The van der Waals surface area contributed by atoms with Gasteiger partial charge in [0.2, 0.25) is 0 Å². The maximum Gasteiger partial charge on any atom is 0.199 e. The predicted octanol–water partition coefficient (Wildman–Crippen LogP) is 1.99. The molecule has 0 aromatic rings. The highest BCUT2D eigenvalue weighted by atomic mass is 16.5. The Balaban J connectivity index is 2.53. The third-order valence-electron chi connectivity index (χ3n) is 1.64. The molecule has 1 atom stereocenters. The van der Waals surface area contributed by atoms with E-state index in [2.05, 4.69) is 13.2 Å². The molecule has 1 rings (SSSR count). The first-order valence-electron chi connectivity index (χ1n) is 3.90. The number of allylic oxidation sites excluding steroid dienone is 1. The molecule has 12 heavy (non-hydrogen) atoms. The smallest absolute Gasteiger partial charge is 0.199 e. The minimum Gasteiger partial charge on any atom is -0.486 e. The third kappa shape index (κ3) is 1.84. The van der Waals surface area contributed by atoms with Gasteiger partial charge in [-0.15, -0.1) is 13.2 Å². The van der Waals surface area contributed by atoms with E-state index in [-0.39, 0.29) is 11.9 Å². The van der Waals surface area contributed by atoms with Gasteiger partial charge in [-0.1, -0.05) is 12.2 Å². The molecule has 64 valence electrons. The van der Waals surface area contributed by atoms with Crippen LogP contribution in [0, 0.1) is 0 Å². The number of hydrogen-bond donors (Lipinski definition) is 0.